The standard InChI is InChI=1S/C13H5ClF4N2/c14-12-5-9(13(16,17)18)4-11(20-12)8-1-7(6-19)2-10(15)3-8/h1-5H. The van der Waals surface area contributed by atoms with Crippen LogP contribution >= 0.6 is 11.6 Å². The Morgan fingerprint density at radius 2 is 1.80 bits per heavy atom. The second-order valence-electron chi connectivity index (χ2n) is 3.90. The fourth-order valence-corrected chi connectivity index (χ4v) is 1.82. The highest BCUT2D eigenvalue weighted by Crippen LogP contribution is 2.33. The van der Waals surface area contributed by atoms with Gasteiger partial charge in [-0.25, -0.2) is 9.37 Å². The lowest BCUT2D eigenvalue weighted by Crippen LogP contribution is -2.06. The third-order valence-corrected chi connectivity index (χ3v) is 2.64. The Morgan fingerprint density at radius 1 is 1.10 bits per heavy atom. The van der Waals surface area contributed by atoms with Crippen molar-refractivity contribution in [1.82, 2.24) is 4.98 Å². The van der Waals surface area contributed by atoms with Crippen LogP contribution in [0.4, 0.5) is 17.6 Å². The van der Waals surface area contributed by atoms with Crippen molar-refractivity contribution < 1.29 is 17.6 Å². The quantitative estimate of drug-likeness (QED) is 0.577. The lowest BCUT2D eigenvalue weighted by Gasteiger charge is -2.09. The number of nitrogens with zero attached hydrogens (tertiary/aromatic N) is 2. The van der Waals surface area contributed by atoms with Crippen LogP contribution in [0.25, 0.3) is 11.3 Å². The van der Waals surface area contributed by atoms with Crippen LogP contribution < -0.4 is 0 Å². The fraction of sp³-hybridized carbons (Fsp3) is 0.0769. The van der Waals surface area contributed by atoms with Crippen LogP contribution in [0.1, 0.15) is 11.1 Å². The lowest BCUT2D eigenvalue weighted by molar-refractivity contribution is -0.137. The van der Waals surface area contributed by atoms with Gasteiger partial charge in [0.2, 0.25) is 0 Å². The average molecular weight is 301 g/mol. The maximum absolute atomic E-state index is 13.3. The average Bonchev–Trinajstić information content (AvgIpc) is 2.36. The minimum absolute atomic E-state index is 0.0182. The summed E-state index contributed by atoms with van der Waals surface area (Å²) in [5, 5.41) is 8.37. The zero-order valence-electron chi connectivity index (χ0n) is 9.67. The molecule has 7 heteroatoms. The monoisotopic (exact) mass is 300 g/mol. The molecule has 0 spiro atoms. The molecule has 0 N–H and O–H groups in total. The predicted molar refractivity (Wildman–Crippen MR) is 64.4 cm³/mol. The Bertz CT molecular complexity index is 704. The van der Waals surface area contributed by atoms with Gasteiger partial charge in [0.05, 0.1) is 22.9 Å². The van der Waals surface area contributed by atoms with Crippen molar-refractivity contribution >= 4 is 11.6 Å². The van der Waals surface area contributed by atoms with Gasteiger partial charge in [0.1, 0.15) is 11.0 Å². The summed E-state index contributed by atoms with van der Waals surface area (Å²) in [6.07, 6.45) is -4.59. The van der Waals surface area contributed by atoms with Crippen molar-refractivity contribution in [3.05, 3.63) is 52.4 Å². The molecule has 1 aromatic carbocycles. The summed E-state index contributed by atoms with van der Waals surface area (Å²) in [4.78, 5) is 3.72. The van der Waals surface area contributed by atoms with Crippen LogP contribution in [0.3, 0.4) is 0 Å². The van der Waals surface area contributed by atoms with E-state index in [9.17, 15) is 17.6 Å². The maximum atomic E-state index is 13.3. The molecule has 0 aliphatic carbocycles. The first-order valence-electron chi connectivity index (χ1n) is 5.25. The SMILES string of the molecule is N#Cc1cc(F)cc(-c2cc(C(F)(F)F)cc(Cl)n2)c1. The molecule has 2 rings (SSSR count). The minimum Gasteiger partial charge on any atom is -0.236 e. The van der Waals surface area contributed by atoms with E-state index in [4.69, 9.17) is 16.9 Å². The van der Waals surface area contributed by atoms with E-state index < -0.39 is 17.6 Å². The molecule has 20 heavy (non-hydrogen) atoms. The van der Waals surface area contributed by atoms with E-state index in [2.05, 4.69) is 4.98 Å². The summed E-state index contributed by atoms with van der Waals surface area (Å²) < 4.78 is 51.3. The van der Waals surface area contributed by atoms with E-state index in [0.29, 0.717) is 6.07 Å². The largest absolute Gasteiger partial charge is 0.416 e. The van der Waals surface area contributed by atoms with Crippen molar-refractivity contribution in [2.75, 3.05) is 0 Å². The summed E-state index contributed by atoms with van der Waals surface area (Å²) in [6, 6.07) is 6.34. The summed E-state index contributed by atoms with van der Waals surface area (Å²) >= 11 is 5.55. The van der Waals surface area contributed by atoms with Crippen LogP contribution in [0.2, 0.25) is 5.15 Å². The molecule has 1 heterocycles. The normalized spacial score (nSPS) is 11.2. The van der Waals surface area contributed by atoms with E-state index in [1.165, 1.54) is 6.07 Å². The van der Waals surface area contributed by atoms with Crippen LogP contribution in [-0.2, 0) is 6.18 Å². The second-order valence-corrected chi connectivity index (χ2v) is 4.29. The lowest BCUT2D eigenvalue weighted by atomic mass is 10.1. The van der Waals surface area contributed by atoms with Gasteiger partial charge in [-0.2, -0.15) is 18.4 Å². The van der Waals surface area contributed by atoms with Gasteiger partial charge in [-0.1, -0.05) is 11.6 Å². The molecule has 0 bridgehead atoms. The van der Waals surface area contributed by atoms with E-state index >= 15 is 0 Å². The molecule has 0 radical (unpaired) electrons. The molecule has 2 aromatic rings. The second kappa shape index (κ2) is 5.10. The maximum Gasteiger partial charge on any atom is 0.416 e. The highest BCUT2D eigenvalue weighted by Gasteiger charge is 2.31. The van der Waals surface area contributed by atoms with E-state index in [1.54, 1.807) is 6.07 Å². The number of hydrogen-bond donors (Lipinski definition) is 0. The van der Waals surface area contributed by atoms with Crippen LogP contribution in [-0.4, -0.2) is 4.98 Å². The number of aromatic nitrogens is 1. The van der Waals surface area contributed by atoms with Crippen molar-refractivity contribution in [1.29, 1.82) is 5.26 Å². The number of pyridine rings is 1. The molecule has 0 atom stereocenters. The first-order chi connectivity index (χ1) is 9.29. The molecule has 1 aromatic heterocycles. The molecular weight excluding hydrogens is 296 g/mol. The summed E-state index contributed by atoms with van der Waals surface area (Å²) in [5.41, 5.74) is -1.11. The summed E-state index contributed by atoms with van der Waals surface area (Å²) in [5.74, 6) is -0.741. The highest BCUT2D eigenvalue weighted by atomic mass is 35.5. The molecule has 0 saturated heterocycles. The molecule has 102 valence electrons. The Hall–Kier alpha value is -2.13. The first kappa shape index (κ1) is 14.3. The molecule has 2 nitrogen and oxygen atoms in total. The van der Waals surface area contributed by atoms with Gasteiger partial charge in [-0.3, -0.25) is 0 Å². The summed E-state index contributed by atoms with van der Waals surface area (Å²) in [6.45, 7) is 0. The molecule has 0 aliphatic rings. The van der Waals surface area contributed by atoms with Gasteiger partial charge in [0.15, 0.2) is 0 Å². The number of hydrogen-bond acceptors (Lipinski definition) is 2. The van der Waals surface area contributed by atoms with E-state index in [1.807, 2.05) is 0 Å². The Kier molecular flexibility index (Phi) is 3.64. The van der Waals surface area contributed by atoms with Crippen LogP contribution in [0, 0.1) is 17.1 Å². The van der Waals surface area contributed by atoms with E-state index in [-0.39, 0.29) is 22.0 Å². The van der Waals surface area contributed by atoms with Crippen molar-refractivity contribution in [3.63, 3.8) is 0 Å². The van der Waals surface area contributed by atoms with Gasteiger partial charge in [0, 0.05) is 5.56 Å². The molecule has 0 fully saturated rings. The number of benzene rings is 1. The van der Waals surface area contributed by atoms with Crippen LogP contribution in [0.5, 0.6) is 0 Å². The first-order valence-corrected chi connectivity index (χ1v) is 5.63. The Morgan fingerprint density at radius 3 is 2.40 bits per heavy atom. The van der Waals surface area contributed by atoms with Crippen LogP contribution in [0.15, 0.2) is 30.3 Å². The Labute approximate surface area is 116 Å². The third kappa shape index (κ3) is 3.06. The summed E-state index contributed by atoms with van der Waals surface area (Å²) in [7, 11) is 0. The van der Waals surface area contributed by atoms with Gasteiger partial charge in [-0.05, 0) is 30.3 Å². The Balaban J connectivity index is 2.62. The number of rotatable bonds is 1. The van der Waals surface area contributed by atoms with Crippen molar-refractivity contribution in [2.24, 2.45) is 0 Å². The highest BCUT2D eigenvalue weighted by molar-refractivity contribution is 6.29. The number of nitriles is 1. The molecule has 0 aliphatic heterocycles. The van der Waals surface area contributed by atoms with E-state index in [0.717, 1.165) is 18.2 Å². The van der Waals surface area contributed by atoms with Gasteiger partial charge in [0.25, 0.3) is 0 Å². The zero-order valence-corrected chi connectivity index (χ0v) is 10.4. The number of alkyl halides is 3. The molecule has 0 saturated carbocycles. The van der Waals surface area contributed by atoms with Crippen molar-refractivity contribution in [2.45, 2.75) is 6.18 Å². The molecular formula is C13H5ClF4N2. The number of halogens is 5. The minimum atomic E-state index is -4.59. The zero-order chi connectivity index (χ0) is 14.9. The van der Waals surface area contributed by atoms with Gasteiger partial charge in [-0.15, -0.1) is 0 Å². The van der Waals surface area contributed by atoms with Gasteiger partial charge >= 0.3 is 6.18 Å². The predicted octanol–water partition coefficient (Wildman–Crippen LogP) is 4.43. The topological polar surface area (TPSA) is 36.7 Å². The smallest absolute Gasteiger partial charge is 0.236 e. The molecule has 0 unspecified atom stereocenters. The fourth-order valence-electron chi connectivity index (χ4n) is 1.61. The van der Waals surface area contributed by atoms with Gasteiger partial charge < -0.3 is 0 Å². The van der Waals surface area contributed by atoms with Crippen molar-refractivity contribution in [3.8, 4) is 17.3 Å². The molecule has 0 amide bonds. The third-order valence-electron chi connectivity index (χ3n) is 2.44.